The molecule has 0 aliphatic carbocycles. The van der Waals surface area contributed by atoms with Crippen LogP contribution in [0.1, 0.15) is 22.8 Å². The van der Waals surface area contributed by atoms with E-state index in [1.807, 2.05) is 0 Å². The van der Waals surface area contributed by atoms with Crippen molar-refractivity contribution in [3.63, 3.8) is 0 Å². The van der Waals surface area contributed by atoms with E-state index in [1.54, 1.807) is 0 Å². The molecule has 0 heterocycles. The number of hydrogen-bond acceptors (Lipinski definition) is 3. The lowest BCUT2D eigenvalue weighted by Gasteiger charge is -2.20. The van der Waals surface area contributed by atoms with Gasteiger partial charge in [-0.05, 0) is 12.1 Å². The van der Waals surface area contributed by atoms with E-state index in [-0.39, 0.29) is 12.1 Å². The molecule has 0 aliphatic rings. The molecule has 1 atom stereocenters. The number of aliphatic hydroxyl groups is 1. The summed E-state index contributed by atoms with van der Waals surface area (Å²) in [5.74, 6) is -3.19. The van der Waals surface area contributed by atoms with Gasteiger partial charge < -0.3 is 14.9 Å². The molecule has 0 aliphatic heterocycles. The van der Waals surface area contributed by atoms with Crippen LogP contribution in [0.5, 0.6) is 5.75 Å². The largest absolute Gasteiger partial charge is 0.496 e. The van der Waals surface area contributed by atoms with Gasteiger partial charge in [0.2, 0.25) is 0 Å². The quantitative estimate of drug-likeness (QED) is 0.841. The third kappa shape index (κ3) is 3.57. The molecule has 0 radical (unpaired) electrons. The van der Waals surface area contributed by atoms with Gasteiger partial charge in [-0.3, -0.25) is 0 Å². The molecule has 21 heavy (non-hydrogen) atoms. The number of aliphatic carboxylic acids is 1. The van der Waals surface area contributed by atoms with Crippen molar-refractivity contribution < 1.29 is 46.1 Å². The molecule has 0 saturated carbocycles. The van der Waals surface area contributed by atoms with Crippen LogP contribution in [-0.4, -0.2) is 23.3 Å². The second kappa shape index (κ2) is 5.43. The van der Waals surface area contributed by atoms with Gasteiger partial charge in [0, 0.05) is 5.56 Å². The normalized spacial score (nSPS) is 13.9. The number of aliphatic hydroxyl groups excluding tert-OH is 1. The predicted octanol–water partition coefficient (Wildman–Crippen LogP) is 2.85. The molecule has 0 spiro atoms. The molecule has 0 fully saturated rings. The Hall–Kier alpha value is -1.97. The summed E-state index contributed by atoms with van der Waals surface area (Å²) in [4.78, 5) is 10.6. The zero-order valence-electron chi connectivity index (χ0n) is 10.2. The lowest BCUT2D eigenvalue weighted by molar-refractivity contribution is -0.149. The minimum absolute atomic E-state index is 0.104. The molecule has 118 valence electrons. The number of hydrogen-bond donors (Lipinski definition) is 2. The minimum atomic E-state index is -5.22. The molecule has 1 aromatic carbocycles. The van der Waals surface area contributed by atoms with Crippen LogP contribution in [0.4, 0.5) is 26.3 Å². The zero-order valence-corrected chi connectivity index (χ0v) is 10.2. The lowest BCUT2D eigenvalue weighted by Crippen LogP contribution is -2.18. The van der Waals surface area contributed by atoms with Crippen molar-refractivity contribution in [2.45, 2.75) is 18.5 Å². The van der Waals surface area contributed by atoms with Crippen molar-refractivity contribution in [2.24, 2.45) is 0 Å². The number of rotatable bonds is 3. The van der Waals surface area contributed by atoms with Gasteiger partial charge in [-0.15, -0.1) is 0 Å². The Bertz CT molecular complexity index is 549. The highest BCUT2D eigenvalue weighted by Gasteiger charge is 2.41. The first-order valence-corrected chi connectivity index (χ1v) is 5.16. The molecule has 1 unspecified atom stereocenters. The molecule has 2 N–H and O–H groups in total. The fraction of sp³-hybridized carbons (Fsp3) is 0.364. The summed E-state index contributed by atoms with van der Waals surface area (Å²) in [7, 11) is 0.718. The molecule has 0 bridgehead atoms. The van der Waals surface area contributed by atoms with Gasteiger partial charge in [-0.1, -0.05) is 0 Å². The van der Waals surface area contributed by atoms with Crippen LogP contribution in [-0.2, 0) is 17.1 Å². The Morgan fingerprint density at radius 2 is 1.67 bits per heavy atom. The number of carboxylic acid groups (broad SMARTS) is 1. The van der Waals surface area contributed by atoms with Crippen molar-refractivity contribution in [3.8, 4) is 5.75 Å². The highest BCUT2D eigenvalue weighted by molar-refractivity contribution is 5.75. The smallest absolute Gasteiger partial charge is 0.419 e. The van der Waals surface area contributed by atoms with Gasteiger partial charge in [0.1, 0.15) is 5.75 Å². The van der Waals surface area contributed by atoms with Crippen molar-refractivity contribution in [3.05, 3.63) is 28.8 Å². The molecule has 0 aromatic heterocycles. The molecule has 10 heteroatoms. The summed E-state index contributed by atoms with van der Waals surface area (Å²) in [5, 5.41) is 17.9. The molecule has 0 amide bonds. The van der Waals surface area contributed by atoms with E-state index in [0.29, 0.717) is 0 Å². The maximum Gasteiger partial charge on any atom is 0.419 e. The summed E-state index contributed by atoms with van der Waals surface area (Å²) < 4.78 is 80.4. The maximum atomic E-state index is 12.8. The van der Waals surface area contributed by atoms with E-state index < -0.39 is 46.9 Å². The first-order chi connectivity index (χ1) is 9.39. The van der Waals surface area contributed by atoms with Crippen LogP contribution in [0.3, 0.4) is 0 Å². The van der Waals surface area contributed by atoms with Gasteiger partial charge in [0.15, 0.2) is 6.10 Å². The van der Waals surface area contributed by atoms with Crippen LogP contribution in [0.25, 0.3) is 0 Å². The standard InChI is InChI=1S/C11H8F6O4/c1-21-8-5(7(18)9(19)20)2-4(10(12,13)14)3-6(8)11(15,16)17/h2-3,7,18H,1H3,(H,19,20). The predicted molar refractivity (Wildman–Crippen MR) is 55.6 cm³/mol. The number of ether oxygens (including phenoxy) is 1. The summed E-state index contributed by atoms with van der Waals surface area (Å²) in [6.45, 7) is 0. The molecule has 1 rings (SSSR count). The van der Waals surface area contributed by atoms with Gasteiger partial charge in [0.25, 0.3) is 0 Å². The van der Waals surface area contributed by atoms with E-state index in [0.717, 1.165) is 7.11 Å². The fourth-order valence-corrected chi connectivity index (χ4v) is 1.59. The number of alkyl halides is 6. The summed E-state index contributed by atoms with van der Waals surface area (Å²) >= 11 is 0. The Balaban J connectivity index is 3.72. The third-order valence-corrected chi connectivity index (χ3v) is 2.48. The second-order valence-electron chi connectivity index (χ2n) is 3.88. The van der Waals surface area contributed by atoms with Gasteiger partial charge in [-0.25, -0.2) is 4.79 Å². The number of methoxy groups -OCH3 is 1. The van der Waals surface area contributed by atoms with Crippen LogP contribution in [0.15, 0.2) is 12.1 Å². The van der Waals surface area contributed by atoms with E-state index in [4.69, 9.17) is 5.11 Å². The van der Waals surface area contributed by atoms with E-state index in [9.17, 15) is 36.2 Å². The number of halogens is 6. The zero-order chi connectivity index (χ0) is 16.6. The number of benzene rings is 1. The second-order valence-corrected chi connectivity index (χ2v) is 3.88. The van der Waals surface area contributed by atoms with E-state index in [1.165, 1.54) is 0 Å². The van der Waals surface area contributed by atoms with Crippen molar-refractivity contribution in [2.75, 3.05) is 7.11 Å². The SMILES string of the molecule is COc1c(C(O)C(=O)O)cc(C(F)(F)F)cc1C(F)(F)F. The van der Waals surface area contributed by atoms with E-state index in [2.05, 4.69) is 4.74 Å². The lowest BCUT2D eigenvalue weighted by atomic mass is 9.99. The summed E-state index contributed by atoms with van der Waals surface area (Å²) in [5.41, 5.74) is -4.70. The summed E-state index contributed by atoms with van der Waals surface area (Å²) in [6, 6.07) is -0.107. The average molecular weight is 318 g/mol. The number of carbonyl (C=O) groups is 1. The minimum Gasteiger partial charge on any atom is -0.496 e. The van der Waals surface area contributed by atoms with Crippen LogP contribution in [0, 0.1) is 0 Å². The molecular weight excluding hydrogens is 310 g/mol. The van der Waals surface area contributed by atoms with Crippen LogP contribution < -0.4 is 4.74 Å². The van der Waals surface area contributed by atoms with Gasteiger partial charge in [0.05, 0.1) is 18.2 Å². The first-order valence-electron chi connectivity index (χ1n) is 5.16. The maximum absolute atomic E-state index is 12.8. The summed E-state index contributed by atoms with van der Waals surface area (Å²) in [6.07, 6.45) is -13.0. The van der Waals surface area contributed by atoms with Crippen molar-refractivity contribution in [1.82, 2.24) is 0 Å². The Kier molecular flexibility index (Phi) is 4.42. The Morgan fingerprint density at radius 3 is 2.00 bits per heavy atom. The average Bonchev–Trinajstić information content (AvgIpc) is 2.33. The molecular formula is C11H8F6O4. The molecule has 4 nitrogen and oxygen atoms in total. The highest BCUT2D eigenvalue weighted by atomic mass is 19.4. The van der Waals surface area contributed by atoms with Gasteiger partial charge >= 0.3 is 18.3 Å². The van der Waals surface area contributed by atoms with Crippen molar-refractivity contribution >= 4 is 5.97 Å². The number of carboxylic acids is 1. The Morgan fingerprint density at radius 1 is 1.14 bits per heavy atom. The first kappa shape index (κ1) is 17.1. The molecule has 0 saturated heterocycles. The van der Waals surface area contributed by atoms with Crippen LogP contribution in [0.2, 0.25) is 0 Å². The van der Waals surface area contributed by atoms with Crippen LogP contribution >= 0.6 is 0 Å². The van der Waals surface area contributed by atoms with E-state index >= 15 is 0 Å². The Labute approximate surface area is 113 Å². The highest BCUT2D eigenvalue weighted by Crippen LogP contribution is 2.44. The molecule has 1 aromatic rings. The van der Waals surface area contributed by atoms with Crippen molar-refractivity contribution in [1.29, 1.82) is 0 Å². The topological polar surface area (TPSA) is 66.8 Å². The fourth-order valence-electron chi connectivity index (χ4n) is 1.59. The monoisotopic (exact) mass is 318 g/mol. The third-order valence-electron chi connectivity index (χ3n) is 2.48. The van der Waals surface area contributed by atoms with Gasteiger partial charge in [-0.2, -0.15) is 26.3 Å².